The van der Waals surface area contributed by atoms with Crippen molar-refractivity contribution in [2.45, 2.75) is 52.1 Å². The molecule has 1 aromatic rings. The first kappa shape index (κ1) is 14.4. The lowest BCUT2D eigenvalue weighted by Crippen LogP contribution is -2.48. The van der Waals surface area contributed by atoms with Gasteiger partial charge in [0.2, 0.25) is 0 Å². The number of nitrogens with zero attached hydrogens (tertiary/aromatic N) is 3. The molecule has 0 bridgehead atoms. The largest absolute Gasteiger partial charge is 0.334 e. The van der Waals surface area contributed by atoms with E-state index < -0.39 is 0 Å². The van der Waals surface area contributed by atoms with Gasteiger partial charge in [-0.25, -0.2) is 0 Å². The average molecular weight is 282 g/mol. The lowest BCUT2D eigenvalue weighted by atomic mass is 10.0. The minimum absolute atomic E-state index is 0.0647. The van der Waals surface area contributed by atoms with Gasteiger partial charge < -0.3 is 10.2 Å². The summed E-state index contributed by atoms with van der Waals surface area (Å²) < 4.78 is 3.86. The van der Waals surface area contributed by atoms with E-state index >= 15 is 0 Å². The Hall–Kier alpha value is -1.01. The van der Waals surface area contributed by atoms with Crippen molar-refractivity contribution in [2.75, 3.05) is 13.1 Å². The van der Waals surface area contributed by atoms with Crippen molar-refractivity contribution in [3.05, 3.63) is 10.6 Å². The van der Waals surface area contributed by atoms with E-state index in [1.807, 2.05) is 11.8 Å². The fourth-order valence-electron chi connectivity index (χ4n) is 2.40. The van der Waals surface area contributed by atoms with Crippen molar-refractivity contribution < 1.29 is 4.79 Å². The van der Waals surface area contributed by atoms with Crippen LogP contribution in [-0.2, 0) is 0 Å². The van der Waals surface area contributed by atoms with Gasteiger partial charge in [0.15, 0.2) is 0 Å². The Labute approximate surface area is 118 Å². The number of rotatable bonds is 4. The third-order valence-electron chi connectivity index (χ3n) is 3.56. The molecule has 106 valence electrons. The summed E-state index contributed by atoms with van der Waals surface area (Å²) in [6.07, 6.45) is 3.64. The maximum Gasteiger partial charge on any atom is 0.267 e. The molecule has 1 fully saturated rings. The molecule has 1 unspecified atom stereocenters. The first-order valence-electron chi connectivity index (χ1n) is 6.93. The summed E-state index contributed by atoms with van der Waals surface area (Å²) in [5.41, 5.74) is 0.734. The van der Waals surface area contributed by atoms with Crippen LogP contribution in [0.4, 0.5) is 0 Å². The zero-order valence-electron chi connectivity index (χ0n) is 11.8. The van der Waals surface area contributed by atoms with Crippen LogP contribution in [0, 0.1) is 6.92 Å². The third kappa shape index (κ3) is 3.51. The smallest absolute Gasteiger partial charge is 0.267 e. The van der Waals surface area contributed by atoms with Crippen molar-refractivity contribution in [1.29, 1.82) is 0 Å². The molecule has 0 spiro atoms. The molecule has 2 heterocycles. The van der Waals surface area contributed by atoms with Gasteiger partial charge in [-0.3, -0.25) is 4.79 Å². The highest BCUT2D eigenvalue weighted by Gasteiger charge is 2.26. The van der Waals surface area contributed by atoms with Gasteiger partial charge in [-0.1, -0.05) is 10.9 Å². The second-order valence-corrected chi connectivity index (χ2v) is 6.14. The van der Waals surface area contributed by atoms with Gasteiger partial charge >= 0.3 is 0 Å². The molecule has 1 saturated heterocycles. The number of carbonyl (C=O) groups is 1. The van der Waals surface area contributed by atoms with Crippen molar-refractivity contribution in [1.82, 2.24) is 19.8 Å². The van der Waals surface area contributed by atoms with E-state index in [2.05, 4.69) is 28.8 Å². The maximum absolute atomic E-state index is 12.6. The van der Waals surface area contributed by atoms with Gasteiger partial charge in [-0.2, -0.15) is 0 Å². The van der Waals surface area contributed by atoms with Gasteiger partial charge in [0.1, 0.15) is 4.88 Å². The monoisotopic (exact) mass is 282 g/mol. The van der Waals surface area contributed by atoms with E-state index in [-0.39, 0.29) is 11.9 Å². The standard InChI is InChI=1S/C13H22N4OS/c1-9(2)17(8-11-6-4-5-7-14-11)13(18)12-10(3)15-16-19-12/h9,11,14H,4-8H2,1-3H3. The number of carbonyl (C=O) groups excluding carboxylic acids is 1. The third-order valence-corrected chi connectivity index (χ3v) is 4.38. The highest BCUT2D eigenvalue weighted by atomic mass is 32.1. The zero-order chi connectivity index (χ0) is 13.8. The minimum Gasteiger partial charge on any atom is -0.334 e. The molecule has 5 nitrogen and oxygen atoms in total. The topological polar surface area (TPSA) is 58.1 Å². The molecule has 1 N–H and O–H groups in total. The summed E-state index contributed by atoms with van der Waals surface area (Å²) in [6, 6.07) is 0.610. The van der Waals surface area contributed by atoms with E-state index in [0.29, 0.717) is 10.9 Å². The SMILES string of the molecule is Cc1nnsc1C(=O)N(CC1CCCCN1)C(C)C. The fraction of sp³-hybridized carbons (Fsp3) is 0.769. The van der Waals surface area contributed by atoms with E-state index in [4.69, 9.17) is 0 Å². The van der Waals surface area contributed by atoms with Crippen molar-refractivity contribution >= 4 is 17.4 Å². The van der Waals surface area contributed by atoms with E-state index in [1.165, 1.54) is 24.4 Å². The molecule has 6 heteroatoms. The molecule has 1 atom stereocenters. The number of hydrogen-bond acceptors (Lipinski definition) is 5. The Morgan fingerprint density at radius 3 is 2.84 bits per heavy atom. The van der Waals surface area contributed by atoms with Crippen LogP contribution in [0.25, 0.3) is 0 Å². The van der Waals surface area contributed by atoms with E-state index in [1.54, 1.807) is 0 Å². The first-order chi connectivity index (χ1) is 9.09. The minimum atomic E-state index is 0.0647. The van der Waals surface area contributed by atoms with Crippen LogP contribution in [0.15, 0.2) is 0 Å². The normalized spacial score (nSPS) is 19.7. The predicted octanol–water partition coefficient (Wildman–Crippen LogP) is 1.84. The second-order valence-electron chi connectivity index (χ2n) is 5.39. The van der Waals surface area contributed by atoms with Crippen LogP contribution in [-0.4, -0.2) is 45.6 Å². The molecule has 1 aliphatic heterocycles. The van der Waals surface area contributed by atoms with Gasteiger partial charge in [0, 0.05) is 18.6 Å². The van der Waals surface area contributed by atoms with E-state index in [9.17, 15) is 4.79 Å². The number of aromatic nitrogens is 2. The Kier molecular flexibility index (Phi) is 4.87. The van der Waals surface area contributed by atoms with Crippen LogP contribution < -0.4 is 5.32 Å². The molecular formula is C13H22N4OS. The summed E-state index contributed by atoms with van der Waals surface area (Å²) in [5, 5.41) is 7.43. The molecular weight excluding hydrogens is 260 g/mol. The van der Waals surface area contributed by atoms with Gasteiger partial charge in [0.05, 0.1) is 5.69 Å². The molecule has 0 aromatic carbocycles. The summed E-state index contributed by atoms with van der Waals surface area (Å²) >= 11 is 1.19. The molecule has 0 aliphatic carbocycles. The van der Waals surface area contributed by atoms with Crippen molar-refractivity contribution in [3.8, 4) is 0 Å². The Bertz CT molecular complexity index is 426. The highest BCUT2D eigenvalue weighted by Crippen LogP contribution is 2.17. The van der Waals surface area contributed by atoms with Gasteiger partial charge in [-0.05, 0) is 51.7 Å². The highest BCUT2D eigenvalue weighted by molar-refractivity contribution is 7.07. The van der Waals surface area contributed by atoms with Crippen LogP contribution in [0.1, 0.15) is 48.5 Å². The average Bonchev–Trinajstić information content (AvgIpc) is 2.82. The van der Waals surface area contributed by atoms with E-state index in [0.717, 1.165) is 25.2 Å². The summed E-state index contributed by atoms with van der Waals surface area (Å²) in [7, 11) is 0. The van der Waals surface area contributed by atoms with Crippen LogP contribution in [0.2, 0.25) is 0 Å². The van der Waals surface area contributed by atoms with Crippen LogP contribution >= 0.6 is 11.5 Å². The molecule has 1 aromatic heterocycles. The number of amides is 1. The number of piperidine rings is 1. The predicted molar refractivity (Wildman–Crippen MR) is 76.5 cm³/mol. The fourth-order valence-corrected chi connectivity index (χ4v) is 3.02. The summed E-state index contributed by atoms with van der Waals surface area (Å²) in [4.78, 5) is 15.2. The lowest BCUT2D eigenvalue weighted by Gasteiger charge is -2.33. The summed E-state index contributed by atoms with van der Waals surface area (Å²) in [6.45, 7) is 7.79. The van der Waals surface area contributed by atoms with Crippen molar-refractivity contribution in [3.63, 3.8) is 0 Å². The molecule has 0 radical (unpaired) electrons. The number of aryl methyl sites for hydroxylation is 1. The molecule has 2 rings (SSSR count). The van der Waals surface area contributed by atoms with Crippen LogP contribution in [0.5, 0.6) is 0 Å². The summed E-state index contributed by atoms with van der Waals surface area (Å²) in [5.74, 6) is 0.0647. The Morgan fingerprint density at radius 1 is 1.53 bits per heavy atom. The quantitative estimate of drug-likeness (QED) is 0.915. The Balaban J connectivity index is 2.07. The molecule has 19 heavy (non-hydrogen) atoms. The maximum atomic E-state index is 12.6. The molecule has 1 aliphatic rings. The van der Waals surface area contributed by atoms with Gasteiger partial charge in [0.25, 0.3) is 5.91 Å². The molecule has 1 amide bonds. The van der Waals surface area contributed by atoms with Crippen molar-refractivity contribution in [2.24, 2.45) is 0 Å². The van der Waals surface area contributed by atoms with Crippen LogP contribution in [0.3, 0.4) is 0 Å². The second kappa shape index (κ2) is 6.43. The first-order valence-corrected chi connectivity index (χ1v) is 7.70. The Morgan fingerprint density at radius 2 is 2.32 bits per heavy atom. The number of hydrogen-bond donors (Lipinski definition) is 1. The molecule has 0 saturated carbocycles. The van der Waals surface area contributed by atoms with Gasteiger partial charge in [-0.15, -0.1) is 5.10 Å². The number of nitrogens with one attached hydrogen (secondary N) is 1. The zero-order valence-corrected chi connectivity index (χ0v) is 12.7. The lowest BCUT2D eigenvalue weighted by molar-refractivity contribution is 0.0681.